The van der Waals surface area contributed by atoms with Crippen LogP contribution in [0.1, 0.15) is 46.5 Å². The van der Waals surface area contributed by atoms with Crippen molar-refractivity contribution in [2.75, 3.05) is 13.7 Å². The summed E-state index contributed by atoms with van der Waals surface area (Å²) in [5.41, 5.74) is 1.19. The molecule has 0 aromatic rings. The normalized spacial score (nSPS) is 42.6. The van der Waals surface area contributed by atoms with Crippen LogP contribution in [0.5, 0.6) is 0 Å². The molecular formula is C17H27NO4. The summed E-state index contributed by atoms with van der Waals surface area (Å²) < 4.78 is 16.6. The van der Waals surface area contributed by atoms with Gasteiger partial charge in [0.05, 0.1) is 31.0 Å². The number of epoxide rings is 2. The van der Waals surface area contributed by atoms with Crippen molar-refractivity contribution in [3.8, 4) is 0 Å². The standard InChI is InChI=1S/C17H27NO4/c1-11(2)5-6-14-16(3,22-14)13-9-12(18-15(19)20-4)7-8-17(13)10-21-17/h5,12-14H,6-10H2,1-4H3,(H,18,19)/t12-,13-,14-,16-,17+/m1/s1. The minimum absolute atomic E-state index is 0.0111. The lowest BCUT2D eigenvalue weighted by atomic mass is 9.69. The molecule has 22 heavy (non-hydrogen) atoms. The Kier molecular flexibility index (Phi) is 3.98. The first-order valence-electron chi connectivity index (χ1n) is 8.19. The zero-order valence-corrected chi connectivity index (χ0v) is 14.0. The number of alkyl carbamates (subject to hydrolysis) is 1. The topological polar surface area (TPSA) is 63.4 Å². The molecule has 0 radical (unpaired) electrons. The molecule has 2 aliphatic heterocycles. The third kappa shape index (κ3) is 2.88. The van der Waals surface area contributed by atoms with E-state index in [1.165, 1.54) is 12.7 Å². The van der Waals surface area contributed by atoms with Crippen LogP contribution >= 0.6 is 0 Å². The van der Waals surface area contributed by atoms with E-state index in [0.717, 1.165) is 32.3 Å². The highest BCUT2D eigenvalue weighted by atomic mass is 16.6. The predicted octanol–water partition coefficient (Wildman–Crippen LogP) is 2.79. The van der Waals surface area contributed by atoms with Gasteiger partial charge >= 0.3 is 6.09 Å². The molecule has 1 amide bonds. The van der Waals surface area contributed by atoms with Crippen molar-refractivity contribution in [3.05, 3.63) is 11.6 Å². The number of carbonyl (C=O) groups is 1. The summed E-state index contributed by atoms with van der Waals surface area (Å²) in [5, 5.41) is 2.94. The fraction of sp³-hybridized carbons (Fsp3) is 0.824. The van der Waals surface area contributed by atoms with E-state index in [1.807, 2.05) is 0 Å². The minimum Gasteiger partial charge on any atom is -0.453 e. The molecule has 1 N–H and O–H groups in total. The SMILES string of the molecule is COC(=O)N[C@@H]1CC[C@]2(CO2)[C@@H]([C@@]2(C)O[C@@H]2CC=C(C)C)C1. The van der Waals surface area contributed by atoms with E-state index >= 15 is 0 Å². The lowest BCUT2D eigenvalue weighted by Crippen LogP contribution is -2.48. The monoisotopic (exact) mass is 309 g/mol. The lowest BCUT2D eigenvalue weighted by Gasteiger charge is -2.37. The Balaban J connectivity index is 1.65. The molecule has 5 heteroatoms. The van der Waals surface area contributed by atoms with Crippen LogP contribution in [0, 0.1) is 5.92 Å². The lowest BCUT2D eigenvalue weighted by molar-refractivity contribution is 0.0708. The molecule has 0 bridgehead atoms. The van der Waals surface area contributed by atoms with E-state index in [-0.39, 0.29) is 29.4 Å². The molecule has 3 rings (SSSR count). The Labute approximate surface area is 132 Å². The van der Waals surface area contributed by atoms with Crippen LogP contribution in [0.15, 0.2) is 11.6 Å². The Hall–Kier alpha value is -1.07. The quantitative estimate of drug-likeness (QED) is 0.640. The highest BCUT2D eigenvalue weighted by Crippen LogP contribution is 2.58. The van der Waals surface area contributed by atoms with Crippen LogP contribution in [0.25, 0.3) is 0 Å². The van der Waals surface area contributed by atoms with E-state index in [2.05, 4.69) is 32.2 Å². The van der Waals surface area contributed by atoms with Crippen molar-refractivity contribution in [2.45, 2.75) is 69.8 Å². The van der Waals surface area contributed by atoms with Crippen molar-refractivity contribution >= 4 is 6.09 Å². The van der Waals surface area contributed by atoms with Crippen molar-refractivity contribution in [1.29, 1.82) is 0 Å². The minimum atomic E-state index is -0.348. The Morgan fingerprint density at radius 3 is 2.77 bits per heavy atom. The van der Waals surface area contributed by atoms with E-state index in [1.54, 1.807) is 0 Å². The largest absolute Gasteiger partial charge is 0.453 e. The second-order valence-electron chi connectivity index (χ2n) is 7.32. The van der Waals surface area contributed by atoms with E-state index in [0.29, 0.717) is 5.92 Å². The number of amides is 1. The number of allylic oxidation sites excluding steroid dienone is 1. The van der Waals surface area contributed by atoms with Crippen LogP contribution in [-0.4, -0.2) is 43.2 Å². The molecule has 2 heterocycles. The molecular weight excluding hydrogens is 282 g/mol. The van der Waals surface area contributed by atoms with Crippen LogP contribution < -0.4 is 5.32 Å². The van der Waals surface area contributed by atoms with Gasteiger partial charge in [-0.1, -0.05) is 11.6 Å². The molecule has 3 aliphatic rings. The van der Waals surface area contributed by atoms with Crippen LogP contribution in [0.2, 0.25) is 0 Å². The van der Waals surface area contributed by atoms with Gasteiger partial charge in [-0.05, 0) is 46.5 Å². The van der Waals surface area contributed by atoms with E-state index < -0.39 is 0 Å². The van der Waals surface area contributed by atoms with Gasteiger partial charge in [0.1, 0.15) is 0 Å². The van der Waals surface area contributed by atoms with Gasteiger partial charge in [0.2, 0.25) is 0 Å². The van der Waals surface area contributed by atoms with Crippen LogP contribution in [-0.2, 0) is 14.2 Å². The van der Waals surface area contributed by atoms with Gasteiger partial charge in [0, 0.05) is 12.0 Å². The van der Waals surface area contributed by atoms with Gasteiger partial charge in [-0.15, -0.1) is 0 Å². The number of methoxy groups -OCH3 is 1. The molecule has 0 aromatic carbocycles. The first kappa shape index (κ1) is 15.8. The predicted molar refractivity (Wildman–Crippen MR) is 82.7 cm³/mol. The second kappa shape index (κ2) is 5.53. The van der Waals surface area contributed by atoms with Gasteiger partial charge in [-0.2, -0.15) is 0 Å². The molecule has 5 nitrogen and oxygen atoms in total. The second-order valence-corrected chi connectivity index (χ2v) is 7.32. The number of ether oxygens (including phenoxy) is 3. The maximum Gasteiger partial charge on any atom is 0.407 e. The van der Waals surface area contributed by atoms with Gasteiger partial charge in [0.25, 0.3) is 0 Å². The third-order valence-electron chi connectivity index (χ3n) is 5.50. The van der Waals surface area contributed by atoms with Crippen molar-refractivity contribution in [3.63, 3.8) is 0 Å². The summed E-state index contributed by atoms with van der Waals surface area (Å²) in [6, 6.07) is 0.150. The van der Waals surface area contributed by atoms with Crippen LogP contribution in [0.3, 0.4) is 0 Å². The Morgan fingerprint density at radius 2 is 2.18 bits per heavy atom. The van der Waals surface area contributed by atoms with Crippen molar-refractivity contribution in [2.24, 2.45) is 5.92 Å². The number of hydrogen-bond acceptors (Lipinski definition) is 4. The molecule has 3 fully saturated rings. The maximum absolute atomic E-state index is 11.5. The first-order chi connectivity index (χ1) is 10.4. The zero-order chi connectivity index (χ0) is 16.0. The summed E-state index contributed by atoms with van der Waals surface area (Å²) in [7, 11) is 1.40. The molecule has 1 aliphatic carbocycles. The Morgan fingerprint density at radius 1 is 1.45 bits per heavy atom. The third-order valence-corrected chi connectivity index (χ3v) is 5.50. The number of hydrogen-bond donors (Lipinski definition) is 1. The summed E-state index contributed by atoms with van der Waals surface area (Å²) in [6.07, 6.45) is 5.95. The van der Waals surface area contributed by atoms with E-state index in [4.69, 9.17) is 14.2 Å². The average Bonchev–Trinajstić information content (AvgIpc) is 3.38. The zero-order valence-electron chi connectivity index (χ0n) is 14.0. The molecule has 1 saturated carbocycles. The first-order valence-corrected chi connectivity index (χ1v) is 8.19. The van der Waals surface area contributed by atoms with Gasteiger partial charge < -0.3 is 19.5 Å². The highest BCUT2D eigenvalue weighted by Gasteiger charge is 2.68. The Bertz CT molecular complexity index is 481. The fourth-order valence-corrected chi connectivity index (χ4v) is 3.97. The summed E-state index contributed by atoms with van der Waals surface area (Å²) in [5.74, 6) is 0.339. The summed E-state index contributed by atoms with van der Waals surface area (Å²) in [4.78, 5) is 11.5. The molecule has 2 saturated heterocycles. The molecule has 1 spiro atoms. The summed E-state index contributed by atoms with van der Waals surface area (Å²) in [6.45, 7) is 7.26. The number of carbonyl (C=O) groups excluding carboxylic acids is 1. The molecule has 5 atom stereocenters. The van der Waals surface area contributed by atoms with Gasteiger partial charge in [-0.3, -0.25) is 0 Å². The van der Waals surface area contributed by atoms with Gasteiger partial charge in [-0.25, -0.2) is 4.79 Å². The van der Waals surface area contributed by atoms with Crippen molar-refractivity contribution < 1.29 is 19.0 Å². The highest BCUT2D eigenvalue weighted by molar-refractivity contribution is 5.67. The van der Waals surface area contributed by atoms with Crippen molar-refractivity contribution in [1.82, 2.24) is 5.32 Å². The molecule has 0 unspecified atom stereocenters. The smallest absolute Gasteiger partial charge is 0.407 e. The molecule has 0 aromatic heterocycles. The number of rotatable bonds is 4. The fourth-order valence-electron chi connectivity index (χ4n) is 3.97. The van der Waals surface area contributed by atoms with Crippen LogP contribution in [0.4, 0.5) is 4.79 Å². The number of nitrogens with one attached hydrogen (secondary N) is 1. The maximum atomic E-state index is 11.5. The molecule has 124 valence electrons. The summed E-state index contributed by atoms with van der Waals surface area (Å²) >= 11 is 0. The average molecular weight is 309 g/mol. The van der Waals surface area contributed by atoms with Gasteiger partial charge in [0.15, 0.2) is 0 Å². The van der Waals surface area contributed by atoms with E-state index in [9.17, 15) is 4.79 Å².